The summed E-state index contributed by atoms with van der Waals surface area (Å²) in [6, 6.07) is 7.06. The molecular formula is C15H15N3O4S. The lowest BCUT2D eigenvalue weighted by molar-refractivity contribution is -0.384. The number of carbonyl (C=O) groups excluding carboxylic acids is 2. The van der Waals surface area contributed by atoms with E-state index in [0.717, 1.165) is 22.9 Å². The molecule has 0 unspecified atom stereocenters. The number of hydrazine groups is 1. The Kier molecular flexibility index (Phi) is 5.07. The third kappa shape index (κ3) is 3.92. The van der Waals surface area contributed by atoms with Crippen LogP contribution in [-0.4, -0.2) is 16.7 Å². The van der Waals surface area contributed by atoms with Crippen LogP contribution in [0.1, 0.15) is 37.4 Å². The van der Waals surface area contributed by atoms with Crippen LogP contribution in [0.4, 0.5) is 5.69 Å². The van der Waals surface area contributed by atoms with E-state index in [9.17, 15) is 19.7 Å². The molecule has 0 atom stereocenters. The van der Waals surface area contributed by atoms with Crippen LogP contribution in [0, 0.1) is 17.0 Å². The molecule has 2 N–H and O–H groups in total. The first-order valence-corrected chi connectivity index (χ1v) is 7.68. The summed E-state index contributed by atoms with van der Waals surface area (Å²) in [5.74, 6) is -1.04. The standard InChI is InChI=1S/C15H15N3O4S/c1-3-10-8-13(23-9(10)2)15(20)17-16-14(19)11-5-4-6-12(7-11)18(21)22/h4-8H,3H2,1-2H3,(H,16,19)(H,17,20). The summed E-state index contributed by atoms with van der Waals surface area (Å²) >= 11 is 1.35. The van der Waals surface area contributed by atoms with Crippen LogP contribution in [0.3, 0.4) is 0 Å². The maximum atomic E-state index is 12.0. The van der Waals surface area contributed by atoms with Crippen LogP contribution in [0.5, 0.6) is 0 Å². The zero-order valence-electron chi connectivity index (χ0n) is 12.6. The van der Waals surface area contributed by atoms with Crippen LogP contribution in [-0.2, 0) is 6.42 Å². The topological polar surface area (TPSA) is 101 Å². The van der Waals surface area contributed by atoms with Crippen molar-refractivity contribution in [3.8, 4) is 0 Å². The van der Waals surface area contributed by atoms with Crippen LogP contribution >= 0.6 is 11.3 Å². The number of non-ortho nitro benzene ring substituents is 1. The highest BCUT2D eigenvalue weighted by Crippen LogP contribution is 2.21. The van der Waals surface area contributed by atoms with Gasteiger partial charge in [0.2, 0.25) is 0 Å². The Morgan fingerprint density at radius 2 is 1.91 bits per heavy atom. The number of nitrogens with one attached hydrogen (secondary N) is 2. The average molecular weight is 333 g/mol. The molecule has 0 radical (unpaired) electrons. The van der Waals surface area contributed by atoms with Crippen LogP contribution in [0.2, 0.25) is 0 Å². The highest BCUT2D eigenvalue weighted by atomic mass is 32.1. The van der Waals surface area contributed by atoms with Crippen molar-refractivity contribution in [2.75, 3.05) is 0 Å². The fraction of sp³-hybridized carbons (Fsp3) is 0.200. The Morgan fingerprint density at radius 3 is 2.52 bits per heavy atom. The molecule has 0 saturated heterocycles. The smallest absolute Gasteiger partial charge is 0.267 e. The number of thiophene rings is 1. The van der Waals surface area contributed by atoms with Crippen molar-refractivity contribution in [1.82, 2.24) is 10.9 Å². The van der Waals surface area contributed by atoms with Crippen LogP contribution < -0.4 is 10.9 Å². The number of hydrogen-bond donors (Lipinski definition) is 2. The summed E-state index contributed by atoms with van der Waals surface area (Å²) < 4.78 is 0. The van der Waals surface area contributed by atoms with Gasteiger partial charge in [-0.1, -0.05) is 13.0 Å². The minimum Gasteiger partial charge on any atom is -0.267 e. The molecule has 0 aliphatic heterocycles. The van der Waals surface area contributed by atoms with E-state index < -0.39 is 16.7 Å². The predicted molar refractivity (Wildman–Crippen MR) is 86.5 cm³/mol. The number of nitrogens with zero attached hydrogens (tertiary/aromatic N) is 1. The van der Waals surface area contributed by atoms with E-state index in [0.29, 0.717) is 4.88 Å². The summed E-state index contributed by atoms with van der Waals surface area (Å²) in [5, 5.41) is 10.7. The van der Waals surface area contributed by atoms with E-state index in [1.54, 1.807) is 6.07 Å². The number of nitro benzene ring substituents is 1. The molecule has 1 aromatic heterocycles. The van der Waals surface area contributed by atoms with Gasteiger partial charge in [-0.2, -0.15) is 0 Å². The van der Waals surface area contributed by atoms with E-state index >= 15 is 0 Å². The fourth-order valence-electron chi connectivity index (χ4n) is 1.99. The molecule has 2 amide bonds. The second-order valence-corrected chi connectivity index (χ2v) is 6.02. The first-order chi connectivity index (χ1) is 10.9. The van der Waals surface area contributed by atoms with E-state index in [2.05, 4.69) is 10.9 Å². The molecule has 0 spiro atoms. The van der Waals surface area contributed by atoms with Gasteiger partial charge in [-0.05, 0) is 31.0 Å². The van der Waals surface area contributed by atoms with Gasteiger partial charge in [-0.3, -0.25) is 30.6 Å². The number of hydrogen-bond acceptors (Lipinski definition) is 5. The maximum absolute atomic E-state index is 12.0. The molecule has 1 aromatic carbocycles. The number of aryl methyl sites for hydroxylation is 2. The van der Waals surface area contributed by atoms with Crippen molar-refractivity contribution < 1.29 is 14.5 Å². The monoisotopic (exact) mass is 333 g/mol. The highest BCUT2D eigenvalue weighted by Gasteiger charge is 2.14. The molecular weight excluding hydrogens is 318 g/mol. The minimum absolute atomic E-state index is 0.0936. The van der Waals surface area contributed by atoms with Crippen molar-refractivity contribution >= 4 is 28.8 Å². The molecule has 0 saturated carbocycles. The summed E-state index contributed by atoms with van der Waals surface area (Å²) in [7, 11) is 0. The molecule has 1 heterocycles. The summed E-state index contributed by atoms with van der Waals surface area (Å²) in [4.78, 5) is 35.6. The lowest BCUT2D eigenvalue weighted by atomic mass is 10.2. The number of carbonyl (C=O) groups is 2. The Hall–Kier alpha value is -2.74. The maximum Gasteiger partial charge on any atom is 0.279 e. The molecule has 23 heavy (non-hydrogen) atoms. The van der Waals surface area contributed by atoms with Crippen molar-refractivity contribution in [3.63, 3.8) is 0 Å². The van der Waals surface area contributed by atoms with Gasteiger partial charge in [-0.15, -0.1) is 11.3 Å². The first-order valence-electron chi connectivity index (χ1n) is 6.86. The zero-order chi connectivity index (χ0) is 17.0. The van der Waals surface area contributed by atoms with Crippen molar-refractivity contribution in [3.05, 3.63) is 61.3 Å². The van der Waals surface area contributed by atoms with Gasteiger partial charge < -0.3 is 0 Å². The molecule has 0 bridgehead atoms. The average Bonchev–Trinajstić information content (AvgIpc) is 2.93. The highest BCUT2D eigenvalue weighted by molar-refractivity contribution is 7.14. The van der Waals surface area contributed by atoms with Crippen molar-refractivity contribution in [1.29, 1.82) is 0 Å². The van der Waals surface area contributed by atoms with Gasteiger partial charge in [0.15, 0.2) is 0 Å². The van der Waals surface area contributed by atoms with Crippen LogP contribution in [0.25, 0.3) is 0 Å². The Morgan fingerprint density at radius 1 is 1.22 bits per heavy atom. The molecule has 0 aliphatic rings. The largest absolute Gasteiger partial charge is 0.279 e. The summed E-state index contributed by atoms with van der Waals surface area (Å²) in [6.07, 6.45) is 0.829. The molecule has 0 fully saturated rings. The molecule has 2 aromatic rings. The molecule has 2 rings (SSSR count). The second kappa shape index (κ2) is 7.01. The van der Waals surface area contributed by atoms with Gasteiger partial charge in [0, 0.05) is 22.6 Å². The van der Waals surface area contributed by atoms with Gasteiger partial charge in [0.25, 0.3) is 17.5 Å². The van der Waals surface area contributed by atoms with E-state index in [-0.39, 0.29) is 11.3 Å². The minimum atomic E-state index is -0.619. The lowest BCUT2D eigenvalue weighted by Crippen LogP contribution is -2.41. The summed E-state index contributed by atoms with van der Waals surface area (Å²) in [5.41, 5.74) is 5.56. The fourth-order valence-corrected chi connectivity index (χ4v) is 3.00. The summed E-state index contributed by atoms with van der Waals surface area (Å²) in [6.45, 7) is 3.93. The predicted octanol–water partition coefficient (Wildman–Crippen LogP) is 2.60. The number of nitro groups is 1. The molecule has 0 aliphatic carbocycles. The van der Waals surface area contributed by atoms with Crippen LogP contribution in [0.15, 0.2) is 30.3 Å². The van der Waals surface area contributed by atoms with Gasteiger partial charge in [-0.25, -0.2) is 0 Å². The second-order valence-electron chi connectivity index (χ2n) is 4.76. The van der Waals surface area contributed by atoms with E-state index in [1.807, 2.05) is 13.8 Å². The Balaban J connectivity index is 2.02. The quantitative estimate of drug-likeness (QED) is 0.663. The van der Waals surface area contributed by atoms with E-state index in [1.165, 1.54) is 29.5 Å². The number of benzene rings is 1. The molecule has 7 nitrogen and oxygen atoms in total. The molecule has 120 valence electrons. The van der Waals surface area contributed by atoms with Crippen molar-refractivity contribution in [2.45, 2.75) is 20.3 Å². The van der Waals surface area contributed by atoms with Gasteiger partial charge in [0.05, 0.1) is 9.80 Å². The number of amides is 2. The lowest BCUT2D eigenvalue weighted by Gasteiger charge is -2.06. The van der Waals surface area contributed by atoms with Crippen molar-refractivity contribution in [2.24, 2.45) is 0 Å². The third-order valence-electron chi connectivity index (χ3n) is 3.23. The number of rotatable bonds is 4. The first kappa shape index (κ1) is 16.6. The Bertz CT molecular complexity index is 770. The van der Waals surface area contributed by atoms with Gasteiger partial charge >= 0.3 is 0 Å². The normalized spacial score (nSPS) is 10.2. The molecule has 8 heteroatoms. The van der Waals surface area contributed by atoms with Gasteiger partial charge in [0.1, 0.15) is 0 Å². The SMILES string of the molecule is CCc1cc(C(=O)NNC(=O)c2cccc([N+](=O)[O-])c2)sc1C. The van der Waals surface area contributed by atoms with E-state index in [4.69, 9.17) is 0 Å². The third-order valence-corrected chi connectivity index (χ3v) is 4.33. The zero-order valence-corrected chi connectivity index (χ0v) is 13.4. The Labute approximate surface area is 136 Å².